The van der Waals surface area contributed by atoms with Crippen molar-refractivity contribution in [3.05, 3.63) is 0 Å². The molecule has 0 aromatic carbocycles. The highest BCUT2D eigenvalue weighted by Gasteiger charge is 2.67. The Morgan fingerprint density at radius 2 is 1.67 bits per heavy atom. The van der Waals surface area contributed by atoms with E-state index in [1.54, 1.807) is 6.92 Å². The summed E-state index contributed by atoms with van der Waals surface area (Å²) in [7, 11) is -4.20. The second kappa shape index (κ2) is 10.5. The van der Waals surface area contributed by atoms with Crippen LogP contribution in [0.5, 0.6) is 0 Å². The molecule has 3 unspecified atom stereocenters. The molecule has 2 saturated carbocycles. The van der Waals surface area contributed by atoms with Gasteiger partial charge in [0.25, 0.3) is 0 Å². The van der Waals surface area contributed by atoms with Gasteiger partial charge in [-0.25, -0.2) is 8.42 Å². The molecule has 0 heterocycles. The maximum atomic E-state index is 12.0. The van der Waals surface area contributed by atoms with Gasteiger partial charge in [0.1, 0.15) is 25.9 Å². The minimum atomic E-state index is -4.49. The molecule has 7 heteroatoms. The zero-order valence-electron chi connectivity index (χ0n) is 20.1. The monoisotopic (exact) mass is 462 g/mol. The average Bonchev–Trinajstić information content (AvgIpc) is 2.91. The normalized spacial score (nSPS) is 27.7. The fourth-order valence-electron chi connectivity index (χ4n) is 5.04. The number of ketones is 2. The van der Waals surface area contributed by atoms with Crippen molar-refractivity contribution in [1.82, 2.24) is 0 Å². The highest BCUT2D eigenvalue weighted by Crippen LogP contribution is 2.64. The van der Waals surface area contributed by atoms with Crippen LogP contribution in [0, 0.1) is 16.7 Å². The Kier molecular flexibility index (Phi) is 9.65. The van der Waals surface area contributed by atoms with Crippen molar-refractivity contribution in [2.75, 3.05) is 5.75 Å². The lowest BCUT2D eigenvalue weighted by Crippen LogP contribution is -2.38. The molecule has 3 atom stereocenters. The number of Topliss-reactive ketones (excluding diaryl/α,β-unsaturated/α-hetero) is 2. The number of hydrogen-bond donors (Lipinski definition) is 0. The summed E-state index contributed by atoms with van der Waals surface area (Å²) in [6, 6.07) is 0. The quantitative estimate of drug-likeness (QED) is 0.286. The topological polar surface area (TPSA) is 91.3 Å². The first-order valence-corrected chi connectivity index (χ1v) is 14.3. The predicted molar refractivity (Wildman–Crippen MR) is 125 cm³/mol. The van der Waals surface area contributed by atoms with Crippen molar-refractivity contribution >= 4 is 32.6 Å². The molecule has 0 aromatic rings. The van der Waals surface area contributed by atoms with E-state index in [0.717, 1.165) is 18.6 Å². The minimum absolute atomic E-state index is 0.287. The molecule has 30 heavy (non-hydrogen) atoms. The highest BCUT2D eigenvalue weighted by atomic mass is 32.2. The summed E-state index contributed by atoms with van der Waals surface area (Å²) in [5.74, 6) is 0.643. The van der Waals surface area contributed by atoms with Crippen LogP contribution in [-0.4, -0.2) is 46.0 Å². The Bertz CT molecular complexity index is 703. The van der Waals surface area contributed by atoms with E-state index in [-0.39, 0.29) is 28.0 Å². The van der Waals surface area contributed by atoms with E-state index in [9.17, 15) is 22.6 Å². The van der Waals surface area contributed by atoms with Gasteiger partial charge in [-0.2, -0.15) is 0 Å². The zero-order valence-corrected chi connectivity index (χ0v) is 21.7. The second-order valence-electron chi connectivity index (χ2n) is 10.2. The summed E-state index contributed by atoms with van der Waals surface area (Å²) in [6.45, 7) is 16.7. The molecule has 2 bridgehead atoms. The van der Waals surface area contributed by atoms with Crippen LogP contribution >= 0.6 is 0 Å². The predicted octanol–water partition coefficient (Wildman–Crippen LogP) is 4.50. The number of fused-ring (bicyclic) bond motifs is 2. The molecule has 0 aromatic heterocycles. The SMILES string of the molecule is CC12CCC(C(S(=O)(=O)[O-])C1=O)C2(C)C.CCCCCC(=O)C[S+](C(C)C)C(C)C. The van der Waals surface area contributed by atoms with Gasteiger partial charge in [-0.05, 0) is 69.2 Å². The van der Waals surface area contributed by atoms with Crippen LogP contribution < -0.4 is 0 Å². The number of unbranched alkanes of at least 4 members (excludes halogenated alkanes) is 2. The standard InChI is InChI=1S/C13H27OS.C10H16O4S/c1-6-7-8-9-13(14)10-15(11(2)3)12(4)5;1-9(2)6-4-5-10(9,3)8(11)7(6)15(12,13)14/h11-12H,6-10H2,1-5H3;6-7H,4-5H2,1-3H3,(H,12,13,14)/q+1;/p-1. The average molecular weight is 463 g/mol. The first kappa shape index (κ1) is 27.6. The third-order valence-electron chi connectivity index (χ3n) is 7.38. The molecule has 0 radical (unpaired) electrons. The van der Waals surface area contributed by atoms with Gasteiger partial charge in [0.2, 0.25) is 0 Å². The van der Waals surface area contributed by atoms with Gasteiger partial charge < -0.3 is 4.55 Å². The molecular weight excluding hydrogens is 420 g/mol. The molecule has 0 N–H and O–H groups in total. The largest absolute Gasteiger partial charge is 0.747 e. The molecule has 0 saturated heterocycles. The lowest BCUT2D eigenvalue weighted by atomic mass is 9.70. The molecule has 0 aliphatic heterocycles. The third kappa shape index (κ3) is 5.89. The summed E-state index contributed by atoms with van der Waals surface area (Å²) in [5, 5.41) is 0.00602. The Morgan fingerprint density at radius 1 is 1.13 bits per heavy atom. The van der Waals surface area contributed by atoms with E-state index in [0.29, 0.717) is 29.1 Å². The highest BCUT2D eigenvalue weighted by molar-refractivity contribution is 7.98. The van der Waals surface area contributed by atoms with E-state index in [1.807, 2.05) is 13.8 Å². The van der Waals surface area contributed by atoms with Gasteiger partial charge in [0.15, 0.2) is 17.3 Å². The van der Waals surface area contributed by atoms with Gasteiger partial charge in [-0.3, -0.25) is 9.59 Å². The molecule has 2 aliphatic carbocycles. The van der Waals surface area contributed by atoms with Crippen molar-refractivity contribution in [1.29, 1.82) is 0 Å². The maximum absolute atomic E-state index is 12.0. The Hall–Kier alpha value is -0.400. The summed E-state index contributed by atoms with van der Waals surface area (Å²) >= 11 is 0. The zero-order chi connectivity index (χ0) is 23.5. The molecule has 5 nitrogen and oxygen atoms in total. The van der Waals surface area contributed by atoms with E-state index in [2.05, 4.69) is 34.6 Å². The molecule has 176 valence electrons. The van der Waals surface area contributed by atoms with Gasteiger partial charge in [0, 0.05) is 11.8 Å². The number of hydrogen-bond acceptors (Lipinski definition) is 5. The Labute approximate surface area is 187 Å². The summed E-state index contributed by atoms with van der Waals surface area (Å²) < 4.78 is 33.3. The Morgan fingerprint density at radius 3 is 2.00 bits per heavy atom. The molecule has 0 amide bonds. The van der Waals surface area contributed by atoms with Gasteiger partial charge in [-0.1, -0.05) is 40.5 Å². The van der Waals surface area contributed by atoms with Gasteiger partial charge in [-0.15, -0.1) is 0 Å². The number of rotatable bonds is 9. The van der Waals surface area contributed by atoms with Crippen LogP contribution in [0.2, 0.25) is 0 Å². The maximum Gasteiger partial charge on any atom is 0.181 e. The number of carbonyl (C=O) groups excluding carboxylic acids is 2. The Balaban J connectivity index is 0.000000300. The van der Waals surface area contributed by atoms with Crippen LogP contribution in [0.4, 0.5) is 0 Å². The van der Waals surface area contributed by atoms with Crippen molar-refractivity contribution in [2.45, 2.75) is 110 Å². The van der Waals surface area contributed by atoms with Crippen molar-refractivity contribution in [3.63, 3.8) is 0 Å². The van der Waals surface area contributed by atoms with E-state index >= 15 is 0 Å². The minimum Gasteiger partial charge on any atom is -0.747 e. The van der Waals surface area contributed by atoms with Crippen LogP contribution in [0.25, 0.3) is 0 Å². The van der Waals surface area contributed by atoms with E-state index in [4.69, 9.17) is 0 Å². The van der Waals surface area contributed by atoms with Crippen LogP contribution in [-0.2, 0) is 30.6 Å². The van der Waals surface area contributed by atoms with Crippen molar-refractivity contribution in [2.24, 2.45) is 16.7 Å². The smallest absolute Gasteiger partial charge is 0.181 e. The second-order valence-corrected chi connectivity index (χ2v) is 14.8. The van der Waals surface area contributed by atoms with Crippen molar-refractivity contribution < 1.29 is 22.6 Å². The summed E-state index contributed by atoms with van der Waals surface area (Å²) in [6.07, 6.45) is 5.66. The molecule has 0 spiro atoms. The third-order valence-corrected chi connectivity index (χ3v) is 11.6. The van der Waals surface area contributed by atoms with Gasteiger partial charge in [0.05, 0.1) is 0 Å². The van der Waals surface area contributed by atoms with E-state index < -0.39 is 20.8 Å². The fourth-order valence-corrected chi connectivity index (χ4v) is 8.72. The van der Waals surface area contributed by atoms with Crippen molar-refractivity contribution in [3.8, 4) is 0 Å². The van der Waals surface area contributed by atoms with Crippen LogP contribution in [0.1, 0.15) is 93.9 Å². The molecule has 2 fully saturated rings. The number of carbonyl (C=O) groups is 2. The van der Waals surface area contributed by atoms with Crippen LogP contribution in [0.3, 0.4) is 0 Å². The van der Waals surface area contributed by atoms with Gasteiger partial charge >= 0.3 is 0 Å². The first-order chi connectivity index (χ1) is 13.6. The fraction of sp³-hybridized carbons (Fsp3) is 0.913. The van der Waals surface area contributed by atoms with Crippen LogP contribution in [0.15, 0.2) is 0 Å². The lowest BCUT2D eigenvalue weighted by molar-refractivity contribution is -0.128. The molecule has 2 rings (SSSR count). The summed E-state index contributed by atoms with van der Waals surface area (Å²) in [5.41, 5.74) is -0.994. The lowest BCUT2D eigenvalue weighted by Gasteiger charge is -2.32. The van der Waals surface area contributed by atoms with E-state index in [1.165, 1.54) is 12.8 Å². The first-order valence-electron chi connectivity index (χ1n) is 11.3. The molecular formula is C23H42O5S2. The summed E-state index contributed by atoms with van der Waals surface area (Å²) in [4.78, 5) is 23.7. The molecule has 2 aliphatic rings.